The number of rotatable bonds is 5. The Kier molecular flexibility index (Phi) is 5.60. The fraction of sp³-hybridized carbons (Fsp3) is 0.250. The number of hydrogen-bond acceptors (Lipinski definition) is 4. The number of carboxylic acids is 1. The zero-order valence-corrected chi connectivity index (χ0v) is 10.6. The van der Waals surface area contributed by atoms with E-state index in [1.165, 1.54) is 12.1 Å². The molecule has 0 aliphatic carbocycles. The van der Waals surface area contributed by atoms with Crippen molar-refractivity contribution in [3.63, 3.8) is 0 Å². The molecule has 0 radical (unpaired) electrons. The van der Waals surface area contributed by atoms with Gasteiger partial charge in [-0.2, -0.15) is 0 Å². The van der Waals surface area contributed by atoms with Crippen LogP contribution in [0.3, 0.4) is 0 Å². The molecule has 1 aromatic rings. The molecule has 108 valence electrons. The van der Waals surface area contributed by atoms with E-state index in [4.69, 9.17) is 5.11 Å². The van der Waals surface area contributed by atoms with Crippen LogP contribution in [0.2, 0.25) is 0 Å². The molecule has 1 aromatic carbocycles. The SMILES string of the molecule is Cc1ccc(NC(=O)NC(=O)COCC(=O)O)cc1F. The number of carboxylic acid groups (broad SMARTS) is 1. The Morgan fingerprint density at radius 2 is 2.00 bits per heavy atom. The quantitative estimate of drug-likeness (QED) is 0.744. The van der Waals surface area contributed by atoms with Gasteiger partial charge in [0, 0.05) is 5.69 Å². The first-order valence-corrected chi connectivity index (χ1v) is 5.55. The van der Waals surface area contributed by atoms with Crippen molar-refractivity contribution in [3.8, 4) is 0 Å². The van der Waals surface area contributed by atoms with Crippen LogP contribution in [-0.2, 0) is 14.3 Å². The summed E-state index contributed by atoms with van der Waals surface area (Å²) in [5.74, 6) is -2.52. The van der Waals surface area contributed by atoms with Gasteiger partial charge in [-0.15, -0.1) is 0 Å². The van der Waals surface area contributed by atoms with Gasteiger partial charge < -0.3 is 15.2 Å². The molecule has 0 heterocycles. The Labute approximate surface area is 113 Å². The topological polar surface area (TPSA) is 105 Å². The van der Waals surface area contributed by atoms with E-state index in [1.54, 1.807) is 6.92 Å². The predicted molar refractivity (Wildman–Crippen MR) is 66.8 cm³/mol. The summed E-state index contributed by atoms with van der Waals surface area (Å²) in [5.41, 5.74) is 0.610. The van der Waals surface area contributed by atoms with Crippen molar-refractivity contribution >= 4 is 23.6 Å². The van der Waals surface area contributed by atoms with Crippen LogP contribution in [0.5, 0.6) is 0 Å². The Bertz CT molecular complexity index is 533. The van der Waals surface area contributed by atoms with Gasteiger partial charge in [-0.25, -0.2) is 14.0 Å². The molecule has 3 N–H and O–H groups in total. The molecule has 0 unspecified atom stereocenters. The molecule has 0 aliphatic rings. The smallest absolute Gasteiger partial charge is 0.329 e. The zero-order valence-electron chi connectivity index (χ0n) is 10.6. The summed E-state index contributed by atoms with van der Waals surface area (Å²) in [6.07, 6.45) is 0. The number of urea groups is 1. The lowest BCUT2D eigenvalue weighted by Gasteiger charge is -2.07. The number of nitrogens with one attached hydrogen (secondary N) is 2. The second kappa shape index (κ2) is 7.19. The number of ether oxygens (including phenoxy) is 1. The number of halogens is 1. The Morgan fingerprint density at radius 3 is 2.60 bits per heavy atom. The van der Waals surface area contributed by atoms with Crippen molar-refractivity contribution in [2.75, 3.05) is 18.5 Å². The van der Waals surface area contributed by atoms with E-state index in [9.17, 15) is 18.8 Å². The molecule has 1 rings (SSSR count). The third kappa shape index (κ3) is 5.44. The number of imide groups is 1. The van der Waals surface area contributed by atoms with Crippen LogP contribution >= 0.6 is 0 Å². The Balaban J connectivity index is 2.41. The van der Waals surface area contributed by atoms with Gasteiger partial charge in [-0.05, 0) is 24.6 Å². The van der Waals surface area contributed by atoms with E-state index in [0.717, 1.165) is 6.07 Å². The normalized spacial score (nSPS) is 9.90. The highest BCUT2D eigenvalue weighted by atomic mass is 19.1. The number of carbonyl (C=O) groups is 3. The van der Waals surface area contributed by atoms with Gasteiger partial charge in [0.25, 0.3) is 5.91 Å². The van der Waals surface area contributed by atoms with E-state index in [1.807, 2.05) is 5.32 Å². The summed E-state index contributed by atoms with van der Waals surface area (Å²) in [4.78, 5) is 32.7. The number of anilines is 1. The van der Waals surface area contributed by atoms with Crippen molar-refractivity contribution in [2.24, 2.45) is 0 Å². The van der Waals surface area contributed by atoms with Crippen molar-refractivity contribution in [2.45, 2.75) is 6.92 Å². The lowest BCUT2D eigenvalue weighted by molar-refractivity contribution is -0.143. The van der Waals surface area contributed by atoms with Gasteiger partial charge in [0.1, 0.15) is 19.0 Å². The average Bonchev–Trinajstić information content (AvgIpc) is 2.33. The van der Waals surface area contributed by atoms with E-state index in [2.05, 4.69) is 10.1 Å². The Hall–Kier alpha value is -2.48. The van der Waals surface area contributed by atoms with E-state index < -0.39 is 36.9 Å². The highest BCUT2D eigenvalue weighted by molar-refractivity contribution is 6.01. The molecule has 20 heavy (non-hydrogen) atoms. The fourth-order valence-corrected chi connectivity index (χ4v) is 1.23. The van der Waals surface area contributed by atoms with Gasteiger partial charge in [0.05, 0.1) is 0 Å². The maximum atomic E-state index is 13.2. The monoisotopic (exact) mass is 284 g/mol. The second-order valence-electron chi connectivity index (χ2n) is 3.85. The number of benzene rings is 1. The minimum atomic E-state index is -1.22. The number of aliphatic carboxylic acids is 1. The first kappa shape index (κ1) is 15.6. The van der Waals surface area contributed by atoms with Crippen LogP contribution in [0.25, 0.3) is 0 Å². The van der Waals surface area contributed by atoms with Crippen LogP contribution in [0.4, 0.5) is 14.9 Å². The molecular weight excluding hydrogens is 271 g/mol. The van der Waals surface area contributed by atoms with Crippen LogP contribution in [-0.4, -0.2) is 36.2 Å². The zero-order chi connectivity index (χ0) is 15.1. The highest BCUT2D eigenvalue weighted by Gasteiger charge is 2.09. The minimum Gasteiger partial charge on any atom is -0.480 e. The third-order valence-electron chi connectivity index (χ3n) is 2.14. The molecule has 0 spiro atoms. The fourth-order valence-electron chi connectivity index (χ4n) is 1.23. The van der Waals surface area contributed by atoms with Gasteiger partial charge >= 0.3 is 12.0 Å². The van der Waals surface area contributed by atoms with Crippen molar-refractivity contribution in [1.29, 1.82) is 0 Å². The second-order valence-corrected chi connectivity index (χ2v) is 3.85. The number of aryl methyl sites for hydroxylation is 1. The number of hydrogen-bond donors (Lipinski definition) is 3. The molecule has 0 saturated carbocycles. The third-order valence-corrected chi connectivity index (χ3v) is 2.14. The summed E-state index contributed by atoms with van der Waals surface area (Å²) >= 11 is 0. The summed E-state index contributed by atoms with van der Waals surface area (Å²) in [6, 6.07) is 3.20. The average molecular weight is 284 g/mol. The van der Waals surface area contributed by atoms with E-state index in [0.29, 0.717) is 5.56 Å². The van der Waals surface area contributed by atoms with Crippen LogP contribution in [0.1, 0.15) is 5.56 Å². The van der Waals surface area contributed by atoms with Gasteiger partial charge in [0.2, 0.25) is 0 Å². The first-order chi connectivity index (χ1) is 9.38. The largest absolute Gasteiger partial charge is 0.480 e. The molecule has 3 amide bonds. The van der Waals surface area contributed by atoms with Crippen LogP contribution < -0.4 is 10.6 Å². The van der Waals surface area contributed by atoms with E-state index in [-0.39, 0.29) is 5.69 Å². The molecule has 0 atom stereocenters. The number of carbonyl (C=O) groups excluding carboxylic acids is 2. The molecule has 0 fully saturated rings. The van der Waals surface area contributed by atoms with Crippen molar-refractivity contribution in [1.82, 2.24) is 5.32 Å². The number of amides is 3. The summed E-state index contributed by atoms with van der Waals surface area (Å²) in [7, 11) is 0. The summed E-state index contributed by atoms with van der Waals surface area (Å²) < 4.78 is 17.7. The summed E-state index contributed by atoms with van der Waals surface area (Å²) in [5, 5.41) is 12.4. The van der Waals surface area contributed by atoms with E-state index >= 15 is 0 Å². The maximum Gasteiger partial charge on any atom is 0.329 e. The lowest BCUT2D eigenvalue weighted by Crippen LogP contribution is -2.37. The standard InChI is InChI=1S/C12H13FN2O5/c1-7-2-3-8(4-9(7)13)14-12(19)15-10(16)5-20-6-11(17)18/h2-4H,5-6H2,1H3,(H,17,18)(H2,14,15,16,19). The maximum absolute atomic E-state index is 13.2. The van der Waals surface area contributed by atoms with Gasteiger partial charge in [-0.1, -0.05) is 6.07 Å². The molecule has 0 aliphatic heterocycles. The lowest BCUT2D eigenvalue weighted by atomic mass is 10.2. The van der Waals surface area contributed by atoms with Crippen molar-refractivity contribution in [3.05, 3.63) is 29.6 Å². The van der Waals surface area contributed by atoms with Gasteiger partial charge in [-0.3, -0.25) is 10.1 Å². The molecular formula is C12H13FN2O5. The molecule has 7 nitrogen and oxygen atoms in total. The molecule has 8 heteroatoms. The van der Waals surface area contributed by atoms with Crippen LogP contribution in [0, 0.1) is 12.7 Å². The minimum absolute atomic E-state index is 0.185. The highest BCUT2D eigenvalue weighted by Crippen LogP contribution is 2.13. The Morgan fingerprint density at radius 1 is 1.30 bits per heavy atom. The molecule has 0 saturated heterocycles. The van der Waals surface area contributed by atoms with Gasteiger partial charge in [0.15, 0.2) is 0 Å². The first-order valence-electron chi connectivity index (χ1n) is 5.55. The van der Waals surface area contributed by atoms with Crippen LogP contribution in [0.15, 0.2) is 18.2 Å². The molecule has 0 bridgehead atoms. The predicted octanol–water partition coefficient (Wildman–Crippen LogP) is 0.883. The molecule has 0 aromatic heterocycles. The van der Waals surface area contributed by atoms with Crippen molar-refractivity contribution < 1.29 is 28.6 Å². The summed E-state index contributed by atoms with van der Waals surface area (Å²) in [6.45, 7) is 0.364.